The molecule has 0 spiro atoms. The Labute approximate surface area is 146 Å². The maximum absolute atomic E-state index is 12.3. The zero-order valence-electron chi connectivity index (χ0n) is 14.6. The number of aromatic nitrogens is 3. The fourth-order valence-electron chi connectivity index (χ4n) is 2.28. The van der Waals surface area contributed by atoms with Crippen LogP contribution in [-0.4, -0.2) is 53.5 Å². The second kappa shape index (κ2) is 8.93. The maximum Gasteiger partial charge on any atom is 0.342 e. The fraction of sp³-hybridized carbons (Fsp3) is 0.412. The van der Waals surface area contributed by atoms with Gasteiger partial charge in [-0.05, 0) is 18.1 Å². The molecule has 2 rings (SSSR count). The number of carbonyl (C=O) groups is 2. The van der Waals surface area contributed by atoms with Gasteiger partial charge in [0.15, 0.2) is 12.4 Å². The third-order valence-corrected chi connectivity index (χ3v) is 3.40. The van der Waals surface area contributed by atoms with Crippen molar-refractivity contribution < 1.29 is 19.1 Å². The van der Waals surface area contributed by atoms with Crippen molar-refractivity contribution in [3.63, 3.8) is 0 Å². The molecular weight excluding hydrogens is 324 g/mol. The van der Waals surface area contributed by atoms with Crippen LogP contribution in [0.5, 0.6) is 0 Å². The predicted octanol–water partition coefficient (Wildman–Crippen LogP) is 1.31. The largest absolute Gasteiger partial charge is 0.452 e. The monoisotopic (exact) mass is 346 g/mol. The lowest BCUT2D eigenvalue weighted by Gasteiger charge is -2.12. The third-order valence-electron chi connectivity index (χ3n) is 3.40. The first-order chi connectivity index (χ1) is 12.0. The number of hydrogen-bond donors (Lipinski definition) is 1. The van der Waals surface area contributed by atoms with Gasteiger partial charge < -0.3 is 14.8 Å². The van der Waals surface area contributed by atoms with Gasteiger partial charge in [-0.15, -0.1) is 0 Å². The molecule has 0 bridgehead atoms. The summed E-state index contributed by atoms with van der Waals surface area (Å²) in [6.45, 7) is 4.31. The van der Waals surface area contributed by atoms with Gasteiger partial charge >= 0.3 is 5.97 Å². The van der Waals surface area contributed by atoms with Crippen molar-refractivity contribution in [2.24, 2.45) is 0 Å². The number of nitrogens with one attached hydrogen (secondary N) is 1. The summed E-state index contributed by atoms with van der Waals surface area (Å²) in [7, 11) is 1.54. The van der Waals surface area contributed by atoms with E-state index in [1.54, 1.807) is 30.1 Å². The van der Waals surface area contributed by atoms with Crippen LogP contribution in [0.3, 0.4) is 0 Å². The highest BCUT2D eigenvalue weighted by Crippen LogP contribution is 2.22. The van der Waals surface area contributed by atoms with Crippen LogP contribution in [0.25, 0.3) is 5.82 Å². The van der Waals surface area contributed by atoms with Gasteiger partial charge in [0.1, 0.15) is 5.56 Å². The number of ether oxygens (including phenoxy) is 2. The quantitative estimate of drug-likeness (QED) is 0.572. The molecule has 0 radical (unpaired) electrons. The lowest BCUT2D eigenvalue weighted by Crippen LogP contribution is -2.31. The minimum Gasteiger partial charge on any atom is -0.452 e. The van der Waals surface area contributed by atoms with Crippen molar-refractivity contribution in [2.75, 3.05) is 26.9 Å². The molecule has 0 aliphatic rings. The van der Waals surface area contributed by atoms with Gasteiger partial charge in [0.25, 0.3) is 5.91 Å². The summed E-state index contributed by atoms with van der Waals surface area (Å²) in [5, 5.41) is 6.84. The highest BCUT2D eigenvalue weighted by molar-refractivity contribution is 5.92. The summed E-state index contributed by atoms with van der Waals surface area (Å²) in [6, 6.07) is 5.45. The van der Waals surface area contributed by atoms with Crippen LogP contribution in [0.15, 0.2) is 30.6 Å². The van der Waals surface area contributed by atoms with Crippen LogP contribution >= 0.6 is 0 Å². The Morgan fingerprint density at radius 2 is 2.12 bits per heavy atom. The van der Waals surface area contributed by atoms with Crippen molar-refractivity contribution >= 4 is 11.9 Å². The molecule has 134 valence electrons. The summed E-state index contributed by atoms with van der Waals surface area (Å²) in [5.74, 6) is -0.341. The summed E-state index contributed by atoms with van der Waals surface area (Å²) in [6.07, 6.45) is 3.10. The number of hydrogen-bond acceptors (Lipinski definition) is 6. The van der Waals surface area contributed by atoms with Crippen LogP contribution in [-0.2, 0) is 14.3 Å². The van der Waals surface area contributed by atoms with Crippen LogP contribution in [0.4, 0.5) is 0 Å². The van der Waals surface area contributed by atoms with Gasteiger partial charge in [-0.1, -0.05) is 19.9 Å². The standard InChI is InChI=1S/C17H22N4O4/c1-12(2)16-13(10-20-21(16)14-6-4-5-7-18-14)17(23)25-11-15(22)19-8-9-24-3/h4-7,10,12H,8-9,11H2,1-3H3,(H,19,22). The Hall–Kier alpha value is -2.74. The van der Waals surface area contributed by atoms with Crippen LogP contribution < -0.4 is 5.32 Å². The minimum atomic E-state index is -0.590. The molecular formula is C17H22N4O4. The lowest BCUT2D eigenvalue weighted by molar-refractivity contribution is -0.124. The van der Waals surface area contributed by atoms with Gasteiger partial charge in [-0.25, -0.2) is 14.5 Å². The van der Waals surface area contributed by atoms with E-state index in [0.29, 0.717) is 30.2 Å². The predicted molar refractivity (Wildman–Crippen MR) is 90.6 cm³/mol. The molecule has 1 amide bonds. The van der Waals surface area contributed by atoms with Crippen molar-refractivity contribution in [2.45, 2.75) is 19.8 Å². The van der Waals surface area contributed by atoms with E-state index in [1.807, 2.05) is 19.9 Å². The van der Waals surface area contributed by atoms with E-state index in [0.717, 1.165) is 0 Å². The van der Waals surface area contributed by atoms with E-state index in [2.05, 4.69) is 15.4 Å². The topological polar surface area (TPSA) is 95.3 Å². The fourth-order valence-corrected chi connectivity index (χ4v) is 2.28. The van der Waals surface area contributed by atoms with E-state index in [-0.39, 0.29) is 18.4 Å². The van der Waals surface area contributed by atoms with Crippen LogP contribution in [0, 0.1) is 0 Å². The SMILES string of the molecule is COCCNC(=O)COC(=O)c1cnn(-c2ccccn2)c1C(C)C. The van der Waals surface area contributed by atoms with Gasteiger partial charge in [0.2, 0.25) is 0 Å². The average molecular weight is 346 g/mol. The summed E-state index contributed by atoms with van der Waals surface area (Å²) in [4.78, 5) is 28.2. The maximum atomic E-state index is 12.3. The molecule has 2 aromatic heterocycles. The van der Waals surface area contributed by atoms with E-state index in [9.17, 15) is 9.59 Å². The highest BCUT2D eigenvalue weighted by Gasteiger charge is 2.23. The number of esters is 1. The number of nitrogens with zero attached hydrogens (tertiary/aromatic N) is 3. The average Bonchev–Trinajstić information content (AvgIpc) is 3.06. The molecule has 0 saturated carbocycles. The van der Waals surface area contributed by atoms with Crippen molar-refractivity contribution in [1.82, 2.24) is 20.1 Å². The number of rotatable bonds is 8. The summed E-state index contributed by atoms with van der Waals surface area (Å²) in [5.41, 5.74) is 1.01. The molecule has 0 aliphatic carbocycles. The molecule has 1 N–H and O–H groups in total. The molecule has 0 atom stereocenters. The minimum absolute atomic E-state index is 0.0163. The van der Waals surface area contributed by atoms with Crippen molar-refractivity contribution in [3.05, 3.63) is 41.9 Å². The first-order valence-electron chi connectivity index (χ1n) is 7.96. The Morgan fingerprint density at radius 1 is 1.32 bits per heavy atom. The van der Waals surface area contributed by atoms with E-state index in [4.69, 9.17) is 9.47 Å². The summed E-state index contributed by atoms with van der Waals surface area (Å²) < 4.78 is 11.5. The lowest BCUT2D eigenvalue weighted by atomic mass is 10.1. The number of pyridine rings is 1. The van der Waals surface area contributed by atoms with E-state index < -0.39 is 5.97 Å². The normalized spacial score (nSPS) is 10.7. The van der Waals surface area contributed by atoms with E-state index >= 15 is 0 Å². The zero-order valence-corrected chi connectivity index (χ0v) is 14.6. The Morgan fingerprint density at radius 3 is 2.76 bits per heavy atom. The van der Waals surface area contributed by atoms with E-state index in [1.165, 1.54) is 6.20 Å². The number of methoxy groups -OCH3 is 1. The van der Waals surface area contributed by atoms with Crippen LogP contribution in [0.1, 0.15) is 35.8 Å². The van der Waals surface area contributed by atoms with Gasteiger partial charge in [0, 0.05) is 19.9 Å². The Kier molecular flexibility index (Phi) is 6.64. The smallest absolute Gasteiger partial charge is 0.342 e. The molecule has 0 saturated heterocycles. The molecule has 8 nitrogen and oxygen atoms in total. The van der Waals surface area contributed by atoms with Gasteiger partial charge in [-0.2, -0.15) is 5.10 Å². The second-order valence-electron chi connectivity index (χ2n) is 5.62. The molecule has 2 aromatic rings. The second-order valence-corrected chi connectivity index (χ2v) is 5.62. The molecule has 0 aliphatic heterocycles. The number of amides is 1. The molecule has 0 unspecified atom stereocenters. The molecule has 2 heterocycles. The molecule has 25 heavy (non-hydrogen) atoms. The third kappa shape index (κ3) is 4.87. The van der Waals surface area contributed by atoms with Crippen molar-refractivity contribution in [3.8, 4) is 5.82 Å². The summed E-state index contributed by atoms with van der Waals surface area (Å²) >= 11 is 0. The molecule has 0 aromatic carbocycles. The molecule has 8 heteroatoms. The first kappa shape index (κ1) is 18.6. The Bertz CT molecular complexity index is 713. The van der Waals surface area contributed by atoms with Crippen LogP contribution in [0.2, 0.25) is 0 Å². The Balaban J connectivity index is 2.10. The van der Waals surface area contributed by atoms with Crippen molar-refractivity contribution in [1.29, 1.82) is 0 Å². The zero-order chi connectivity index (χ0) is 18.2. The van der Waals surface area contributed by atoms with Gasteiger partial charge in [0.05, 0.1) is 18.5 Å². The number of carbonyl (C=O) groups excluding carboxylic acids is 2. The van der Waals surface area contributed by atoms with Gasteiger partial charge in [-0.3, -0.25) is 4.79 Å². The first-order valence-corrected chi connectivity index (χ1v) is 7.96. The molecule has 0 fully saturated rings. The highest BCUT2D eigenvalue weighted by atomic mass is 16.5.